The number of carbonyl (C=O) groups is 3. The number of rotatable bonds is 4. The number of hydrogen-bond donors (Lipinski definition) is 1. The lowest BCUT2D eigenvalue weighted by Crippen LogP contribution is -2.52. The molecule has 2 amide bonds. The van der Waals surface area contributed by atoms with Gasteiger partial charge in [-0.25, -0.2) is 18.0 Å². The Morgan fingerprint density at radius 2 is 1.79 bits per heavy atom. The van der Waals surface area contributed by atoms with Crippen molar-refractivity contribution in [1.82, 2.24) is 4.90 Å². The van der Waals surface area contributed by atoms with Crippen molar-refractivity contribution in [2.75, 3.05) is 24.0 Å². The van der Waals surface area contributed by atoms with E-state index in [1.807, 2.05) is 20.8 Å². The normalized spacial score (nSPS) is 24.8. The van der Waals surface area contributed by atoms with Crippen molar-refractivity contribution < 1.29 is 32.3 Å². The topological polar surface area (TPSA) is 79.0 Å². The Morgan fingerprint density at radius 1 is 1.05 bits per heavy atom. The summed E-state index contributed by atoms with van der Waals surface area (Å²) >= 11 is 6.27. The third kappa shape index (κ3) is 4.41. The Kier molecular flexibility index (Phi) is 6.85. The number of esters is 1. The minimum atomic E-state index is -1.50. The van der Waals surface area contributed by atoms with Gasteiger partial charge in [0.25, 0.3) is 0 Å². The molecule has 3 aromatic rings. The second-order valence-corrected chi connectivity index (χ2v) is 12.9. The standard InChI is InChI=1S/C32H29ClF3N3O4/c1-31(2,3)14-25-32(20-8-6-17(33)12-23(20)37-30(32)42)26(19-13-18(34)7-9-21(19)35)27-28(40)38(15-39(25)27)24-10-5-16(11-22(24)36)29(41)43-4/h5-13,25-27H,14-15H2,1-4H3,(H,37,42). The van der Waals surface area contributed by atoms with Crippen molar-refractivity contribution in [1.29, 1.82) is 0 Å². The van der Waals surface area contributed by atoms with Crippen LogP contribution in [0.1, 0.15) is 54.6 Å². The van der Waals surface area contributed by atoms with Crippen LogP contribution in [0, 0.1) is 22.9 Å². The van der Waals surface area contributed by atoms with Gasteiger partial charge in [-0.3, -0.25) is 19.4 Å². The van der Waals surface area contributed by atoms with Gasteiger partial charge in [0, 0.05) is 22.7 Å². The lowest BCUT2D eigenvalue weighted by molar-refractivity contribution is -0.122. The second kappa shape index (κ2) is 10.1. The summed E-state index contributed by atoms with van der Waals surface area (Å²) in [4.78, 5) is 43.7. The molecule has 6 rings (SSSR count). The van der Waals surface area contributed by atoms with Crippen molar-refractivity contribution in [2.24, 2.45) is 5.41 Å². The van der Waals surface area contributed by atoms with E-state index in [0.29, 0.717) is 22.7 Å². The summed E-state index contributed by atoms with van der Waals surface area (Å²) in [7, 11) is 1.18. The molecule has 2 fully saturated rings. The zero-order chi connectivity index (χ0) is 31.0. The molecule has 4 atom stereocenters. The lowest BCUT2D eigenvalue weighted by atomic mass is 9.62. The molecule has 1 N–H and O–H groups in total. The quantitative estimate of drug-likeness (QED) is 0.366. The number of nitrogens with zero attached hydrogens (tertiary/aromatic N) is 2. The highest BCUT2D eigenvalue weighted by atomic mass is 35.5. The highest BCUT2D eigenvalue weighted by Gasteiger charge is 2.71. The van der Waals surface area contributed by atoms with Crippen molar-refractivity contribution in [3.8, 4) is 0 Å². The Hall–Kier alpha value is -3.89. The summed E-state index contributed by atoms with van der Waals surface area (Å²) in [5.74, 6) is -5.26. The molecule has 0 saturated carbocycles. The molecule has 0 aromatic heterocycles. The van der Waals surface area contributed by atoms with E-state index in [2.05, 4.69) is 10.1 Å². The third-order valence-electron chi connectivity index (χ3n) is 8.72. The number of amides is 2. The molecule has 0 aliphatic carbocycles. The molecule has 0 bridgehead atoms. The number of anilines is 2. The first-order valence-corrected chi connectivity index (χ1v) is 14.2. The van der Waals surface area contributed by atoms with Gasteiger partial charge in [-0.1, -0.05) is 38.4 Å². The molecule has 3 aromatic carbocycles. The van der Waals surface area contributed by atoms with E-state index >= 15 is 8.78 Å². The molecule has 1 spiro atoms. The average Bonchev–Trinajstić information content (AvgIpc) is 3.51. The molecule has 2 saturated heterocycles. The number of nitrogens with one attached hydrogen (secondary N) is 1. The predicted octanol–water partition coefficient (Wildman–Crippen LogP) is 6.01. The number of hydrogen-bond acceptors (Lipinski definition) is 5. The molecule has 4 unspecified atom stereocenters. The molecule has 0 radical (unpaired) electrons. The van der Waals surface area contributed by atoms with Gasteiger partial charge in [0.2, 0.25) is 11.8 Å². The first kappa shape index (κ1) is 29.2. The first-order valence-electron chi connectivity index (χ1n) is 13.8. The maximum Gasteiger partial charge on any atom is 0.337 e. The van der Waals surface area contributed by atoms with E-state index in [9.17, 15) is 18.8 Å². The first-order chi connectivity index (χ1) is 20.3. The zero-order valence-electron chi connectivity index (χ0n) is 23.9. The Balaban J connectivity index is 1.58. The van der Waals surface area contributed by atoms with Crippen LogP contribution in [0.5, 0.6) is 0 Å². The van der Waals surface area contributed by atoms with E-state index < -0.39 is 58.7 Å². The monoisotopic (exact) mass is 611 g/mol. The molecule has 43 heavy (non-hydrogen) atoms. The van der Waals surface area contributed by atoms with Crippen LogP contribution in [0.15, 0.2) is 54.6 Å². The summed E-state index contributed by atoms with van der Waals surface area (Å²) in [5, 5.41) is 3.28. The molecule has 3 heterocycles. The summed E-state index contributed by atoms with van der Waals surface area (Å²) in [6.07, 6.45) is 0.386. The van der Waals surface area contributed by atoms with Gasteiger partial charge < -0.3 is 10.1 Å². The summed E-state index contributed by atoms with van der Waals surface area (Å²) < 4.78 is 50.6. The molecule has 3 aliphatic rings. The van der Waals surface area contributed by atoms with E-state index in [-0.39, 0.29) is 28.9 Å². The fourth-order valence-electron chi connectivity index (χ4n) is 7.13. The fraction of sp³-hybridized carbons (Fsp3) is 0.344. The van der Waals surface area contributed by atoms with Gasteiger partial charge in [0.1, 0.15) is 22.9 Å². The maximum absolute atomic E-state index is 15.7. The number of benzene rings is 3. The number of carbonyl (C=O) groups excluding carboxylic acids is 3. The van der Waals surface area contributed by atoms with E-state index in [1.165, 1.54) is 24.1 Å². The molecule has 224 valence electrons. The second-order valence-electron chi connectivity index (χ2n) is 12.5. The number of halogens is 4. The third-order valence-corrected chi connectivity index (χ3v) is 8.96. The zero-order valence-corrected chi connectivity index (χ0v) is 24.6. The van der Waals surface area contributed by atoms with E-state index in [1.54, 1.807) is 23.1 Å². The number of ether oxygens (including phenoxy) is 1. The summed E-state index contributed by atoms with van der Waals surface area (Å²) in [5.41, 5.74) is -1.14. The van der Waals surface area contributed by atoms with Gasteiger partial charge >= 0.3 is 5.97 Å². The SMILES string of the molecule is COC(=O)c1ccc(N2CN3C(C2=O)C(c2cc(F)ccc2F)C2(C(=O)Nc4cc(Cl)ccc42)C3CC(C)(C)C)c(F)c1. The summed E-state index contributed by atoms with van der Waals surface area (Å²) in [6.45, 7) is 5.84. The highest BCUT2D eigenvalue weighted by molar-refractivity contribution is 6.31. The Labute approximate surface area is 251 Å². The van der Waals surface area contributed by atoms with Crippen LogP contribution in [0.4, 0.5) is 24.5 Å². The van der Waals surface area contributed by atoms with Gasteiger partial charge in [0.15, 0.2) is 0 Å². The minimum Gasteiger partial charge on any atom is -0.465 e. The van der Waals surface area contributed by atoms with Crippen LogP contribution in [0.3, 0.4) is 0 Å². The summed E-state index contributed by atoms with van der Waals surface area (Å²) in [6, 6.07) is 9.75. The highest BCUT2D eigenvalue weighted by Crippen LogP contribution is 2.61. The van der Waals surface area contributed by atoms with Crippen molar-refractivity contribution in [3.05, 3.63) is 93.8 Å². The van der Waals surface area contributed by atoms with Crippen molar-refractivity contribution in [2.45, 2.75) is 50.6 Å². The fourth-order valence-corrected chi connectivity index (χ4v) is 7.30. The molecule has 3 aliphatic heterocycles. The average molecular weight is 612 g/mol. The van der Waals surface area contributed by atoms with Crippen LogP contribution in [-0.4, -0.2) is 48.5 Å². The van der Waals surface area contributed by atoms with Gasteiger partial charge in [0.05, 0.1) is 31.1 Å². The molecular formula is C32H29ClF3N3O4. The van der Waals surface area contributed by atoms with Crippen LogP contribution in [0.2, 0.25) is 5.02 Å². The van der Waals surface area contributed by atoms with Crippen molar-refractivity contribution in [3.63, 3.8) is 0 Å². The lowest BCUT2D eigenvalue weighted by Gasteiger charge is -2.40. The van der Waals surface area contributed by atoms with Crippen LogP contribution in [-0.2, 0) is 19.7 Å². The largest absolute Gasteiger partial charge is 0.465 e. The van der Waals surface area contributed by atoms with Gasteiger partial charge in [-0.15, -0.1) is 0 Å². The van der Waals surface area contributed by atoms with E-state index in [4.69, 9.17) is 11.6 Å². The number of methoxy groups -OCH3 is 1. The molecule has 11 heteroatoms. The van der Waals surface area contributed by atoms with Crippen LogP contribution < -0.4 is 10.2 Å². The minimum absolute atomic E-state index is 0.0296. The van der Waals surface area contributed by atoms with Gasteiger partial charge in [-0.05, 0) is 71.5 Å². The van der Waals surface area contributed by atoms with Gasteiger partial charge in [-0.2, -0.15) is 0 Å². The van der Waals surface area contributed by atoms with Crippen LogP contribution in [0.25, 0.3) is 0 Å². The number of fused-ring (bicyclic) bond motifs is 3. The smallest absolute Gasteiger partial charge is 0.337 e. The Bertz CT molecular complexity index is 1690. The predicted molar refractivity (Wildman–Crippen MR) is 154 cm³/mol. The van der Waals surface area contributed by atoms with Crippen molar-refractivity contribution >= 4 is 40.8 Å². The van der Waals surface area contributed by atoms with Crippen LogP contribution >= 0.6 is 11.6 Å². The maximum atomic E-state index is 15.7. The Morgan fingerprint density at radius 3 is 2.47 bits per heavy atom. The molecular weight excluding hydrogens is 583 g/mol. The van der Waals surface area contributed by atoms with E-state index in [0.717, 1.165) is 24.3 Å². The molecule has 7 nitrogen and oxygen atoms in total.